The first-order chi connectivity index (χ1) is 9.95. The summed E-state index contributed by atoms with van der Waals surface area (Å²) in [6.45, 7) is 8.22. The quantitative estimate of drug-likeness (QED) is 0.695. The summed E-state index contributed by atoms with van der Waals surface area (Å²) in [6.07, 6.45) is 2.24. The molecule has 0 fully saturated rings. The summed E-state index contributed by atoms with van der Waals surface area (Å²) >= 11 is 8.18. The number of alkyl halides is 1. The minimum Gasteiger partial charge on any atom is -0.489 e. The number of hydrogen-bond donors (Lipinski definition) is 0. The second kappa shape index (κ2) is 6.93. The Kier molecular flexibility index (Phi) is 5.44. The fourth-order valence-electron chi connectivity index (χ4n) is 2.52. The van der Waals surface area contributed by atoms with Gasteiger partial charge in [0.15, 0.2) is 0 Å². The number of imidazole rings is 1. The smallest absolute Gasteiger partial charge is 0.147 e. The van der Waals surface area contributed by atoms with Crippen LogP contribution in [0.2, 0.25) is 0 Å². The SMILES string of the molecule is CSCC(C)n1c(C(C)Cl)nc2c(OC(C)C)cccc21. The minimum absolute atomic E-state index is 0.126. The summed E-state index contributed by atoms with van der Waals surface area (Å²) in [4.78, 5) is 4.77. The van der Waals surface area contributed by atoms with Gasteiger partial charge < -0.3 is 9.30 Å². The molecule has 3 nitrogen and oxygen atoms in total. The largest absolute Gasteiger partial charge is 0.489 e. The summed E-state index contributed by atoms with van der Waals surface area (Å²) < 4.78 is 8.14. The summed E-state index contributed by atoms with van der Waals surface area (Å²) in [5, 5.41) is -0.131. The van der Waals surface area contributed by atoms with Crippen LogP contribution < -0.4 is 4.74 Å². The van der Waals surface area contributed by atoms with Crippen molar-refractivity contribution in [1.29, 1.82) is 0 Å². The zero-order valence-corrected chi connectivity index (χ0v) is 14.8. The van der Waals surface area contributed by atoms with Crippen LogP contribution in [0.3, 0.4) is 0 Å². The van der Waals surface area contributed by atoms with Crippen molar-refractivity contribution >= 4 is 34.4 Å². The molecule has 1 aromatic carbocycles. The Morgan fingerprint density at radius 2 is 2.00 bits per heavy atom. The van der Waals surface area contributed by atoms with E-state index < -0.39 is 0 Å². The van der Waals surface area contributed by atoms with Crippen LogP contribution in [-0.2, 0) is 0 Å². The maximum absolute atomic E-state index is 6.35. The molecular formula is C16H23ClN2OS. The van der Waals surface area contributed by atoms with Gasteiger partial charge in [0.2, 0.25) is 0 Å². The van der Waals surface area contributed by atoms with E-state index in [0.717, 1.165) is 28.4 Å². The first-order valence-corrected chi connectivity index (χ1v) is 9.09. The first kappa shape index (κ1) is 16.5. The Bertz CT molecular complexity index is 610. The van der Waals surface area contributed by atoms with Crippen LogP contribution in [-0.4, -0.2) is 27.7 Å². The molecule has 0 spiro atoms. The zero-order chi connectivity index (χ0) is 15.6. The minimum atomic E-state index is -0.131. The van der Waals surface area contributed by atoms with Crippen LogP contribution in [0.25, 0.3) is 11.0 Å². The Hall–Kier alpha value is -0.870. The van der Waals surface area contributed by atoms with E-state index in [1.54, 1.807) is 0 Å². The predicted octanol–water partition coefficient (Wildman–Crippen LogP) is 5.05. The molecule has 0 saturated carbocycles. The van der Waals surface area contributed by atoms with Gasteiger partial charge in [-0.05, 0) is 46.1 Å². The van der Waals surface area contributed by atoms with E-state index in [0.29, 0.717) is 6.04 Å². The van der Waals surface area contributed by atoms with Crippen molar-refractivity contribution in [3.8, 4) is 5.75 Å². The van der Waals surface area contributed by atoms with Gasteiger partial charge in [-0.15, -0.1) is 11.6 Å². The van der Waals surface area contributed by atoms with Crippen molar-refractivity contribution in [1.82, 2.24) is 9.55 Å². The van der Waals surface area contributed by atoms with E-state index in [2.05, 4.69) is 23.8 Å². The molecule has 5 heteroatoms. The normalized spacial score (nSPS) is 14.6. The van der Waals surface area contributed by atoms with Gasteiger partial charge >= 0.3 is 0 Å². The first-order valence-electron chi connectivity index (χ1n) is 7.26. The Labute approximate surface area is 136 Å². The molecule has 2 rings (SSSR count). The predicted molar refractivity (Wildman–Crippen MR) is 92.9 cm³/mol. The lowest BCUT2D eigenvalue weighted by Gasteiger charge is -2.17. The molecule has 0 amide bonds. The Balaban J connectivity index is 2.62. The number of thioether (sulfide) groups is 1. The Morgan fingerprint density at radius 1 is 1.29 bits per heavy atom. The number of para-hydroxylation sites is 1. The standard InChI is InChI=1S/C16H23ClN2OS/c1-10(2)20-14-8-6-7-13-15(14)18-16(12(4)17)19(13)11(3)9-21-5/h6-8,10-12H,9H2,1-5H3. The highest BCUT2D eigenvalue weighted by atomic mass is 35.5. The number of ether oxygens (including phenoxy) is 1. The zero-order valence-electron chi connectivity index (χ0n) is 13.3. The average Bonchev–Trinajstić information content (AvgIpc) is 2.79. The summed E-state index contributed by atoms with van der Waals surface area (Å²) in [6, 6.07) is 6.43. The molecular weight excluding hydrogens is 304 g/mol. The van der Waals surface area contributed by atoms with Crippen LogP contribution in [0.15, 0.2) is 18.2 Å². The molecule has 0 aliphatic rings. The third-order valence-corrected chi connectivity index (χ3v) is 4.29. The average molecular weight is 327 g/mol. The molecule has 0 N–H and O–H groups in total. The molecule has 1 heterocycles. The highest BCUT2D eigenvalue weighted by Gasteiger charge is 2.21. The summed E-state index contributed by atoms with van der Waals surface area (Å²) in [5.41, 5.74) is 2.00. The fraction of sp³-hybridized carbons (Fsp3) is 0.562. The molecule has 116 valence electrons. The topological polar surface area (TPSA) is 27.1 Å². The van der Waals surface area contributed by atoms with Gasteiger partial charge in [-0.1, -0.05) is 6.07 Å². The number of nitrogens with zero attached hydrogens (tertiary/aromatic N) is 2. The van der Waals surface area contributed by atoms with Gasteiger partial charge in [0.25, 0.3) is 0 Å². The van der Waals surface area contributed by atoms with E-state index in [9.17, 15) is 0 Å². The van der Waals surface area contributed by atoms with Gasteiger partial charge in [-0.2, -0.15) is 11.8 Å². The van der Waals surface area contributed by atoms with Crippen LogP contribution >= 0.6 is 23.4 Å². The van der Waals surface area contributed by atoms with Crippen LogP contribution in [0.1, 0.15) is 44.9 Å². The highest BCUT2D eigenvalue weighted by Crippen LogP contribution is 2.33. The molecule has 0 aliphatic carbocycles. The van der Waals surface area contributed by atoms with Crippen molar-refractivity contribution in [3.63, 3.8) is 0 Å². The van der Waals surface area contributed by atoms with E-state index in [4.69, 9.17) is 21.3 Å². The third kappa shape index (κ3) is 3.49. The van der Waals surface area contributed by atoms with Gasteiger partial charge in [-0.3, -0.25) is 0 Å². The lowest BCUT2D eigenvalue weighted by molar-refractivity contribution is 0.245. The number of halogens is 1. The monoisotopic (exact) mass is 326 g/mol. The van der Waals surface area contributed by atoms with Crippen LogP contribution in [0.5, 0.6) is 5.75 Å². The van der Waals surface area contributed by atoms with Gasteiger partial charge in [0.1, 0.15) is 17.1 Å². The lowest BCUT2D eigenvalue weighted by atomic mass is 10.2. The van der Waals surface area contributed by atoms with Crippen molar-refractivity contribution in [2.45, 2.75) is 45.2 Å². The van der Waals surface area contributed by atoms with E-state index >= 15 is 0 Å². The Morgan fingerprint density at radius 3 is 2.57 bits per heavy atom. The van der Waals surface area contributed by atoms with Crippen LogP contribution in [0, 0.1) is 0 Å². The molecule has 0 aliphatic heterocycles. The van der Waals surface area contributed by atoms with Gasteiger partial charge in [0.05, 0.1) is 17.0 Å². The highest BCUT2D eigenvalue weighted by molar-refractivity contribution is 7.98. The van der Waals surface area contributed by atoms with Crippen molar-refractivity contribution in [2.24, 2.45) is 0 Å². The third-order valence-electron chi connectivity index (χ3n) is 3.28. The van der Waals surface area contributed by atoms with Gasteiger partial charge in [-0.25, -0.2) is 4.98 Å². The molecule has 0 saturated heterocycles. The number of aromatic nitrogens is 2. The molecule has 0 bridgehead atoms. The molecule has 2 atom stereocenters. The maximum Gasteiger partial charge on any atom is 0.147 e. The number of benzene rings is 1. The van der Waals surface area contributed by atoms with Gasteiger partial charge in [0, 0.05) is 11.8 Å². The molecule has 1 aromatic heterocycles. The number of rotatable bonds is 6. The number of fused-ring (bicyclic) bond motifs is 1. The second-order valence-electron chi connectivity index (χ2n) is 5.55. The van der Waals surface area contributed by atoms with E-state index in [1.165, 1.54) is 0 Å². The summed E-state index contributed by atoms with van der Waals surface area (Å²) in [7, 11) is 0. The maximum atomic E-state index is 6.35. The molecule has 2 aromatic rings. The fourth-order valence-corrected chi connectivity index (χ4v) is 3.30. The van der Waals surface area contributed by atoms with Crippen molar-refractivity contribution < 1.29 is 4.74 Å². The van der Waals surface area contributed by atoms with E-state index in [-0.39, 0.29) is 11.5 Å². The molecule has 21 heavy (non-hydrogen) atoms. The van der Waals surface area contributed by atoms with Crippen LogP contribution in [0.4, 0.5) is 0 Å². The molecule has 2 unspecified atom stereocenters. The molecule has 0 radical (unpaired) electrons. The second-order valence-corrected chi connectivity index (χ2v) is 7.12. The summed E-state index contributed by atoms with van der Waals surface area (Å²) in [5.74, 6) is 2.77. The lowest BCUT2D eigenvalue weighted by Crippen LogP contribution is -2.12. The van der Waals surface area contributed by atoms with Crippen molar-refractivity contribution in [3.05, 3.63) is 24.0 Å². The van der Waals surface area contributed by atoms with E-state index in [1.807, 2.05) is 44.7 Å². The van der Waals surface area contributed by atoms with Crippen molar-refractivity contribution in [2.75, 3.05) is 12.0 Å². The number of hydrogen-bond acceptors (Lipinski definition) is 3.